The van der Waals surface area contributed by atoms with Crippen molar-refractivity contribution in [1.29, 1.82) is 5.26 Å². The third-order valence-electron chi connectivity index (χ3n) is 3.98. The van der Waals surface area contributed by atoms with Gasteiger partial charge in [0.25, 0.3) is 0 Å². The highest BCUT2D eigenvalue weighted by Crippen LogP contribution is 2.36. The molecule has 102 valence electrons. The van der Waals surface area contributed by atoms with Crippen LogP contribution in [0.25, 0.3) is 0 Å². The van der Waals surface area contributed by atoms with Gasteiger partial charge in [-0.15, -0.1) is 0 Å². The van der Waals surface area contributed by atoms with Gasteiger partial charge < -0.3 is 4.52 Å². The molecule has 1 heterocycles. The number of hydrogen-bond acceptors (Lipinski definition) is 4. The second kappa shape index (κ2) is 5.46. The van der Waals surface area contributed by atoms with Gasteiger partial charge in [0, 0.05) is 5.92 Å². The van der Waals surface area contributed by atoms with E-state index in [0.29, 0.717) is 23.8 Å². The Kier molecular flexibility index (Phi) is 3.51. The zero-order valence-electron chi connectivity index (χ0n) is 11.5. The van der Waals surface area contributed by atoms with Crippen LogP contribution in [-0.2, 0) is 6.42 Å². The van der Waals surface area contributed by atoms with E-state index in [0.717, 1.165) is 30.1 Å². The molecule has 20 heavy (non-hydrogen) atoms. The molecule has 0 bridgehead atoms. The molecule has 4 nitrogen and oxygen atoms in total. The number of nitriles is 1. The van der Waals surface area contributed by atoms with Crippen LogP contribution in [0, 0.1) is 17.2 Å². The summed E-state index contributed by atoms with van der Waals surface area (Å²) in [6, 6.07) is 9.59. The first-order valence-corrected chi connectivity index (χ1v) is 7.06. The first-order valence-electron chi connectivity index (χ1n) is 7.06. The molecule has 1 aromatic carbocycles. The average Bonchev–Trinajstić information content (AvgIpc) is 3.09. The van der Waals surface area contributed by atoms with E-state index < -0.39 is 0 Å². The molecule has 1 fully saturated rings. The van der Waals surface area contributed by atoms with Crippen LogP contribution in [0.15, 0.2) is 28.8 Å². The molecular weight excluding hydrogens is 250 g/mol. The monoisotopic (exact) mass is 267 g/mol. The highest BCUT2D eigenvalue weighted by molar-refractivity contribution is 5.32. The van der Waals surface area contributed by atoms with E-state index in [1.807, 2.05) is 24.3 Å². The minimum Gasteiger partial charge on any atom is -0.339 e. The van der Waals surface area contributed by atoms with E-state index in [9.17, 15) is 0 Å². The average molecular weight is 267 g/mol. The van der Waals surface area contributed by atoms with Crippen molar-refractivity contribution >= 4 is 0 Å². The zero-order chi connectivity index (χ0) is 13.9. The number of nitrogens with zero attached hydrogens (tertiary/aromatic N) is 3. The van der Waals surface area contributed by atoms with Crippen LogP contribution < -0.4 is 0 Å². The van der Waals surface area contributed by atoms with E-state index >= 15 is 0 Å². The molecule has 0 spiro atoms. The molecule has 4 heteroatoms. The van der Waals surface area contributed by atoms with Crippen molar-refractivity contribution in [3.05, 3.63) is 47.1 Å². The van der Waals surface area contributed by atoms with E-state index in [1.54, 1.807) is 0 Å². The summed E-state index contributed by atoms with van der Waals surface area (Å²) < 4.78 is 5.35. The van der Waals surface area contributed by atoms with Gasteiger partial charge >= 0.3 is 0 Å². The molecule has 2 aromatic rings. The molecular formula is C16H17N3O. The maximum Gasteiger partial charge on any atom is 0.231 e. The first-order chi connectivity index (χ1) is 9.74. The smallest absolute Gasteiger partial charge is 0.231 e. The molecule has 0 saturated heterocycles. The predicted molar refractivity (Wildman–Crippen MR) is 74.0 cm³/mol. The number of rotatable bonds is 3. The summed E-state index contributed by atoms with van der Waals surface area (Å²) in [5.41, 5.74) is 1.75. The van der Waals surface area contributed by atoms with Gasteiger partial charge in [-0.1, -0.05) is 24.2 Å². The third-order valence-corrected chi connectivity index (χ3v) is 3.98. The van der Waals surface area contributed by atoms with Crippen LogP contribution in [0.2, 0.25) is 0 Å². The molecule has 2 atom stereocenters. The lowest BCUT2D eigenvalue weighted by Gasteiger charge is -2.01. The third kappa shape index (κ3) is 2.72. The Balaban J connectivity index is 1.69. The van der Waals surface area contributed by atoms with E-state index in [1.165, 1.54) is 6.42 Å². The Hall–Kier alpha value is -2.15. The Morgan fingerprint density at radius 1 is 1.30 bits per heavy atom. The Morgan fingerprint density at radius 2 is 2.10 bits per heavy atom. The molecule has 0 radical (unpaired) electrons. The van der Waals surface area contributed by atoms with E-state index in [4.69, 9.17) is 9.78 Å². The first kappa shape index (κ1) is 12.9. The number of hydrogen-bond donors (Lipinski definition) is 0. The molecule has 1 aliphatic carbocycles. The highest BCUT2D eigenvalue weighted by Gasteiger charge is 2.26. The molecule has 0 aliphatic heterocycles. The molecule has 0 amide bonds. The summed E-state index contributed by atoms with van der Waals surface area (Å²) in [6.07, 6.45) is 4.21. The Bertz CT molecular complexity index is 624. The quantitative estimate of drug-likeness (QED) is 0.854. The van der Waals surface area contributed by atoms with Crippen molar-refractivity contribution in [3.63, 3.8) is 0 Å². The van der Waals surface area contributed by atoms with Crippen LogP contribution in [0.3, 0.4) is 0 Å². The van der Waals surface area contributed by atoms with Crippen molar-refractivity contribution < 1.29 is 4.52 Å². The van der Waals surface area contributed by atoms with Crippen molar-refractivity contribution in [2.45, 2.75) is 38.5 Å². The topological polar surface area (TPSA) is 62.7 Å². The van der Waals surface area contributed by atoms with Crippen LogP contribution in [0.5, 0.6) is 0 Å². The van der Waals surface area contributed by atoms with Crippen molar-refractivity contribution in [2.75, 3.05) is 0 Å². The number of benzene rings is 1. The summed E-state index contributed by atoms with van der Waals surface area (Å²) in [4.78, 5) is 4.52. The summed E-state index contributed by atoms with van der Waals surface area (Å²) in [5.74, 6) is 2.74. The van der Waals surface area contributed by atoms with Gasteiger partial charge in [0.05, 0.1) is 18.1 Å². The molecule has 1 aliphatic rings. The SMILES string of the molecule is CC1CCC(c2noc(Cc3ccc(C#N)cc3)n2)C1. The summed E-state index contributed by atoms with van der Waals surface area (Å²) in [6.45, 7) is 2.28. The van der Waals surface area contributed by atoms with Crippen LogP contribution in [0.4, 0.5) is 0 Å². The van der Waals surface area contributed by atoms with E-state index in [2.05, 4.69) is 23.1 Å². The highest BCUT2D eigenvalue weighted by atomic mass is 16.5. The summed E-state index contributed by atoms with van der Waals surface area (Å²) in [7, 11) is 0. The maximum absolute atomic E-state index is 8.77. The van der Waals surface area contributed by atoms with Gasteiger partial charge in [-0.3, -0.25) is 0 Å². The van der Waals surface area contributed by atoms with Gasteiger partial charge in [-0.05, 0) is 42.9 Å². The van der Waals surface area contributed by atoms with Gasteiger partial charge in [0.15, 0.2) is 5.82 Å². The standard InChI is InChI=1S/C16H17N3O/c1-11-2-7-14(8-11)16-18-15(20-19-16)9-12-3-5-13(10-17)6-4-12/h3-6,11,14H,2,7-9H2,1H3. The fourth-order valence-electron chi connectivity index (χ4n) is 2.82. The van der Waals surface area contributed by atoms with Gasteiger partial charge in [0.1, 0.15) is 0 Å². The number of aromatic nitrogens is 2. The van der Waals surface area contributed by atoms with Crippen LogP contribution >= 0.6 is 0 Å². The van der Waals surface area contributed by atoms with E-state index in [-0.39, 0.29) is 0 Å². The van der Waals surface area contributed by atoms with Crippen molar-refractivity contribution in [2.24, 2.45) is 5.92 Å². The van der Waals surface area contributed by atoms with Crippen molar-refractivity contribution in [1.82, 2.24) is 10.1 Å². The second-order valence-electron chi connectivity index (χ2n) is 5.65. The summed E-state index contributed by atoms with van der Waals surface area (Å²) >= 11 is 0. The van der Waals surface area contributed by atoms with Crippen LogP contribution in [0.1, 0.15) is 54.9 Å². The molecule has 2 unspecified atom stereocenters. The summed E-state index contributed by atoms with van der Waals surface area (Å²) in [5, 5.41) is 12.9. The minimum atomic E-state index is 0.462. The van der Waals surface area contributed by atoms with Gasteiger partial charge in [-0.2, -0.15) is 10.2 Å². The predicted octanol–water partition coefficient (Wildman–Crippen LogP) is 3.44. The lowest BCUT2D eigenvalue weighted by molar-refractivity contribution is 0.375. The minimum absolute atomic E-state index is 0.462. The Labute approximate surface area is 118 Å². The molecule has 0 N–H and O–H groups in total. The fraction of sp³-hybridized carbons (Fsp3) is 0.438. The maximum atomic E-state index is 8.77. The van der Waals surface area contributed by atoms with Gasteiger partial charge in [-0.25, -0.2) is 0 Å². The Morgan fingerprint density at radius 3 is 2.75 bits per heavy atom. The lowest BCUT2D eigenvalue weighted by Crippen LogP contribution is -1.97. The van der Waals surface area contributed by atoms with Crippen molar-refractivity contribution in [3.8, 4) is 6.07 Å². The normalized spacial score (nSPS) is 21.8. The molecule has 1 saturated carbocycles. The lowest BCUT2D eigenvalue weighted by atomic mass is 10.1. The molecule has 3 rings (SSSR count). The fourth-order valence-corrected chi connectivity index (χ4v) is 2.82. The van der Waals surface area contributed by atoms with Crippen LogP contribution in [-0.4, -0.2) is 10.1 Å². The van der Waals surface area contributed by atoms with Gasteiger partial charge in [0.2, 0.25) is 5.89 Å². The largest absolute Gasteiger partial charge is 0.339 e. The second-order valence-corrected chi connectivity index (χ2v) is 5.65. The zero-order valence-corrected chi connectivity index (χ0v) is 11.5. The molecule has 1 aromatic heterocycles.